The number of nitrogens with one attached hydrogen (secondary N) is 1. The monoisotopic (exact) mass is 511 g/mol. The largest absolute Gasteiger partial charge is 0.508 e. The van der Waals surface area contributed by atoms with E-state index in [1.54, 1.807) is 33.8 Å². The Bertz CT molecular complexity index is 1440. The van der Waals surface area contributed by atoms with E-state index in [1.165, 1.54) is 6.42 Å². The summed E-state index contributed by atoms with van der Waals surface area (Å²) in [5, 5.41) is 21.6. The zero-order chi connectivity index (χ0) is 26.6. The average molecular weight is 512 g/mol. The Hall–Kier alpha value is -4.20. The van der Waals surface area contributed by atoms with Crippen molar-refractivity contribution >= 4 is 28.5 Å². The Morgan fingerprint density at radius 2 is 1.76 bits per heavy atom. The molecule has 0 aliphatic heterocycles. The van der Waals surface area contributed by atoms with Gasteiger partial charge < -0.3 is 10.4 Å². The Morgan fingerprint density at radius 3 is 2.50 bits per heavy atom. The number of para-hydroxylation sites is 1. The van der Waals surface area contributed by atoms with E-state index in [-0.39, 0.29) is 30.2 Å². The second-order valence-corrected chi connectivity index (χ2v) is 10.1. The van der Waals surface area contributed by atoms with Crippen LogP contribution in [-0.2, 0) is 16.1 Å². The quantitative estimate of drug-likeness (QED) is 0.365. The predicted molar refractivity (Wildman–Crippen MR) is 147 cm³/mol. The highest BCUT2D eigenvalue weighted by Gasteiger charge is 2.35. The highest BCUT2D eigenvalue weighted by Crippen LogP contribution is 2.33. The fraction of sp³-hybridized carbons (Fsp3) is 0.333. The summed E-state index contributed by atoms with van der Waals surface area (Å²) in [7, 11) is 0. The van der Waals surface area contributed by atoms with Gasteiger partial charge in [-0.05, 0) is 68.1 Å². The van der Waals surface area contributed by atoms with Crippen molar-refractivity contribution in [2.45, 2.75) is 64.6 Å². The number of rotatable bonds is 7. The molecule has 0 spiro atoms. The van der Waals surface area contributed by atoms with E-state index in [0.717, 1.165) is 42.3 Å². The van der Waals surface area contributed by atoms with E-state index in [0.29, 0.717) is 16.8 Å². The van der Waals surface area contributed by atoms with E-state index in [1.807, 2.05) is 56.3 Å². The van der Waals surface area contributed by atoms with Gasteiger partial charge in [0.05, 0.1) is 5.52 Å². The van der Waals surface area contributed by atoms with Gasteiger partial charge in [-0.25, -0.2) is 4.68 Å². The van der Waals surface area contributed by atoms with Crippen molar-refractivity contribution in [3.05, 3.63) is 83.4 Å². The first-order valence-corrected chi connectivity index (χ1v) is 13.2. The first kappa shape index (κ1) is 25.4. The van der Waals surface area contributed by atoms with Crippen molar-refractivity contribution in [2.24, 2.45) is 0 Å². The number of carbonyl (C=O) groups excluding carboxylic acids is 2. The molecular formula is C30H33N5O3. The number of fused-ring (bicyclic) bond motifs is 1. The minimum Gasteiger partial charge on any atom is -0.508 e. The fourth-order valence-corrected chi connectivity index (χ4v) is 5.33. The second kappa shape index (κ2) is 11.0. The number of aromatic nitrogens is 3. The smallest absolute Gasteiger partial charge is 0.249 e. The van der Waals surface area contributed by atoms with Crippen molar-refractivity contribution in [3.8, 4) is 5.75 Å². The Morgan fingerprint density at radius 1 is 1.03 bits per heavy atom. The molecule has 38 heavy (non-hydrogen) atoms. The highest BCUT2D eigenvalue weighted by atomic mass is 16.3. The number of hydrogen-bond acceptors (Lipinski definition) is 5. The van der Waals surface area contributed by atoms with E-state index in [2.05, 4.69) is 15.6 Å². The van der Waals surface area contributed by atoms with Gasteiger partial charge in [-0.3, -0.25) is 14.5 Å². The summed E-state index contributed by atoms with van der Waals surface area (Å²) in [6.45, 7) is 3.86. The van der Waals surface area contributed by atoms with Gasteiger partial charge in [-0.15, -0.1) is 5.10 Å². The maximum Gasteiger partial charge on any atom is 0.249 e. The number of aromatic hydroxyl groups is 1. The molecule has 0 saturated heterocycles. The van der Waals surface area contributed by atoms with E-state index < -0.39 is 6.04 Å². The maximum absolute atomic E-state index is 14.2. The van der Waals surface area contributed by atoms with Gasteiger partial charge in [0.25, 0.3) is 0 Å². The topological polar surface area (TPSA) is 100 Å². The van der Waals surface area contributed by atoms with Crippen LogP contribution >= 0.6 is 0 Å². The highest BCUT2D eigenvalue weighted by molar-refractivity contribution is 6.02. The normalized spacial score (nSPS) is 14.8. The van der Waals surface area contributed by atoms with E-state index >= 15 is 0 Å². The molecule has 3 aromatic carbocycles. The lowest BCUT2D eigenvalue weighted by molar-refractivity contribution is -0.127. The molecule has 1 aliphatic rings. The third-order valence-electron chi connectivity index (χ3n) is 7.25. The van der Waals surface area contributed by atoms with Crippen LogP contribution in [0.2, 0.25) is 0 Å². The van der Waals surface area contributed by atoms with Crippen molar-refractivity contribution < 1.29 is 14.7 Å². The number of phenols is 1. The molecule has 196 valence electrons. The molecular weight excluding hydrogens is 478 g/mol. The minimum absolute atomic E-state index is 0.0752. The summed E-state index contributed by atoms with van der Waals surface area (Å²) in [5.41, 5.74) is 4.66. The summed E-state index contributed by atoms with van der Waals surface area (Å²) < 4.78 is 1.57. The maximum atomic E-state index is 14.2. The number of nitrogens with zero attached hydrogens (tertiary/aromatic N) is 4. The third kappa shape index (κ3) is 5.39. The summed E-state index contributed by atoms with van der Waals surface area (Å²) in [4.78, 5) is 29.8. The van der Waals surface area contributed by atoms with Gasteiger partial charge in [-0.2, -0.15) is 0 Å². The average Bonchev–Trinajstić information content (AvgIpc) is 3.31. The van der Waals surface area contributed by atoms with Crippen molar-refractivity contribution in [1.82, 2.24) is 20.3 Å². The van der Waals surface area contributed by atoms with Crippen LogP contribution < -0.4 is 10.2 Å². The van der Waals surface area contributed by atoms with Crippen LogP contribution in [0.1, 0.15) is 54.8 Å². The van der Waals surface area contributed by atoms with Crippen LogP contribution in [0.5, 0.6) is 5.75 Å². The molecule has 8 heteroatoms. The van der Waals surface area contributed by atoms with Crippen LogP contribution in [0.4, 0.5) is 5.69 Å². The lowest BCUT2D eigenvalue weighted by atomic mass is 9.94. The minimum atomic E-state index is -0.929. The number of hydrogen-bond donors (Lipinski definition) is 2. The van der Waals surface area contributed by atoms with Crippen molar-refractivity contribution in [1.29, 1.82) is 0 Å². The molecule has 0 radical (unpaired) electrons. The van der Waals surface area contributed by atoms with Crippen LogP contribution in [0.25, 0.3) is 11.0 Å². The van der Waals surface area contributed by atoms with Gasteiger partial charge in [0.2, 0.25) is 11.8 Å². The van der Waals surface area contributed by atoms with Crippen LogP contribution in [0, 0.1) is 13.8 Å². The number of phenolic OH excluding ortho intramolecular Hbond substituents is 1. The van der Waals surface area contributed by atoms with Gasteiger partial charge >= 0.3 is 0 Å². The van der Waals surface area contributed by atoms with Crippen LogP contribution in [-0.4, -0.2) is 38.0 Å². The third-order valence-corrected chi connectivity index (χ3v) is 7.25. The molecule has 5 rings (SSSR count). The lowest BCUT2D eigenvalue weighted by Gasteiger charge is -2.34. The van der Waals surface area contributed by atoms with Gasteiger partial charge in [-0.1, -0.05) is 66.4 Å². The second-order valence-electron chi connectivity index (χ2n) is 10.1. The standard InChI is InChI=1S/C30H33N5O3/c1-20-12-17-26(21(2)18-20)35(28(37)19-34-27-11-7-6-10-25(27)32-33-34)29(22-13-15-24(36)16-14-22)30(38)31-23-8-4-3-5-9-23/h6-7,10-18,23,29,36H,3-5,8-9,19H2,1-2H3,(H,31,38)/t29-/m0/s1. The number of anilines is 1. The van der Waals surface area contributed by atoms with Crippen molar-refractivity contribution in [2.75, 3.05) is 4.90 Å². The molecule has 2 N–H and O–H groups in total. The molecule has 1 aliphatic carbocycles. The lowest BCUT2D eigenvalue weighted by Crippen LogP contribution is -2.48. The summed E-state index contributed by atoms with van der Waals surface area (Å²) in [5.74, 6) is -0.428. The predicted octanol–water partition coefficient (Wildman–Crippen LogP) is 4.98. The van der Waals surface area contributed by atoms with Crippen LogP contribution in [0.3, 0.4) is 0 Å². The van der Waals surface area contributed by atoms with Gasteiger partial charge in [0.1, 0.15) is 23.9 Å². The zero-order valence-corrected chi connectivity index (χ0v) is 21.8. The molecule has 1 saturated carbocycles. The summed E-state index contributed by atoms with van der Waals surface area (Å²) in [6, 6.07) is 19.0. The number of carbonyl (C=O) groups is 2. The Kier molecular flexibility index (Phi) is 7.40. The number of amides is 2. The number of benzene rings is 3. The molecule has 1 aromatic heterocycles. The van der Waals surface area contributed by atoms with E-state index in [9.17, 15) is 14.7 Å². The van der Waals surface area contributed by atoms with E-state index in [4.69, 9.17) is 0 Å². The fourth-order valence-electron chi connectivity index (χ4n) is 5.33. The van der Waals surface area contributed by atoms with Gasteiger partial charge in [0, 0.05) is 11.7 Å². The molecule has 0 bridgehead atoms. The van der Waals surface area contributed by atoms with Crippen molar-refractivity contribution in [3.63, 3.8) is 0 Å². The SMILES string of the molecule is Cc1ccc(N(C(=O)Cn2nnc3ccccc32)[C@H](C(=O)NC2CCCCC2)c2ccc(O)cc2)c(C)c1. The first-order valence-electron chi connectivity index (χ1n) is 13.2. The molecule has 4 aromatic rings. The Balaban J connectivity index is 1.58. The molecule has 0 unspecified atom stereocenters. The molecule has 1 fully saturated rings. The summed E-state index contributed by atoms with van der Waals surface area (Å²) >= 11 is 0. The Labute approximate surface area is 222 Å². The van der Waals surface area contributed by atoms with Gasteiger partial charge in [0.15, 0.2) is 0 Å². The summed E-state index contributed by atoms with van der Waals surface area (Å²) in [6.07, 6.45) is 5.18. The molecule has 1 heterocycles. The molecule has 2 amide bonds. The van der Waals surface area contributed by atoms with Crippen LogP contribution in [0.15, 0.2) is 66.7 Å². The molecule has 8 nitrogen and oxygen atoms in total. The zero-order valence-electron chi connectivity index (χ0n) is 21.8. The first-order chi connectivity index (χ1) is 18.4. The molecule has 1 atom stereocenters. The number of aryl methyl sites for hydroxylation is 2.